The standard InChI is InChI=1S/C18H26ClN5O/c1-12(25-17-9-7-6-8-16(17)19)10-21-18(20-4)22-11-15-13(2)23-24(5)14(15)3/h6-9,12H,10-11H2,1-5H3,(H2,20,21,22). The lowest BCUT2D eigenvalue weighted by atomic mass is 10.2. The largest absolute Gasteiger partial charge is 0.487 e. The number of nitrogens with one attached hydrogen (secondary N) is 2. The number of hydrogen-bond acceptors (Lipinski definition) is 3. The molecule has 1 heterocycles. The smallest absolute Gasteiger partial charge is 0.191 e. The molecule has 0 aliphatic carbocycles. The highest BCUT2D eigenvalue weighted by Gasteiger charge is 2.11. The monoisotopic (exact) mass is 363 g/mol. The van der Waals surface area contributed by atoms with Crippen molar-refractivity contribution in [3.8, 4) is 5.75 Å². The average molecular weight is 364 g/mol. The van der Waals surface area contributed by atoms with Crippen LogP contribution in [0.15, 0.2) is 29.3 Å². The lowest BCUT2D eigenvalue weighted by Gasteiger charge is -2.18. The lowest BCUT2D eigenvalue weighted by molar-refractivity contribution is 0.224. The van der Waals surface area contributed by atoms with Crippen LogP contribution in [0.4, 0.5) is 0 Å². The second kappa shape index (κ2) is 8.76. The number of aryl methyl sites for hydroxylation is 2. The van der Waals surface area contributed by atoms with E-state index in [-0.39, 0.29) is 6.10 Å². The second-order valence-corrected chi connectivity index (χ2v) is 6.35. The summed E-state index contributed by atoms with van der Waals surface area (Å²) in [4.78, 5) is 4.25. The van der Waals surface area contributed by atoms with Gasteiger partial charge in [0.2, 0.25) is 0 Å². The van der Waals surface area contributed by atoms with Crippen LogP contribution in [0.5, 0.6) is 5.75 Å². The van der Waals surface area contributed by atoms with Crippen molar-refractivity contribution in [3.05, 3.63) is 46.2 Å². The van der Waals surface area contributed by atoms with Gasteiger partial charge in [-0.15, -0.1) is 0 Å². The Kier molecular flexibility index (Phi) is 6.70. The lowest BCUT2D eigenvalue weighted by Crippen LogP contribution is -2.41. The molecule has 2 rings (SSSR count). The van der Waals surface area contributed by atoms with Gasteiger partial charge in [-0.25, -0.2) is 0 Å². The molecule has 2 N–H and O–H groups in total. The number of aromatic nitrogens is 2. The Hall–Kier alpha value is -2.21. The molecule has 1 atom stereocenters. The Morgan fingerprint density at radius 1 is 1.32 bits per heavy atom. The van der Waals surface area contributed by atoms with Gasteiger partial charge in [0, 0.05) is 31.9 Å². The van der Waals surface area contributed by atoms with Gasteiger partial charge in [-0.2, -0.15) is 5.10 Å². The molecule has 136 valence electrons. The van der Waals surface area contributed by atoms with Gasteiger partial charge in [0.05, 0.1) is 17.3 Å². The number of para-hydroxylation sites is 1. The van der Waals surface area contributed by atoms with Crippen molar-refractivity contribution in [2.24, 2.45) is 12.0 Å². The normalized spacial score (nSPS) is 12.8. The molecule has 1 aromatic heterocycles. The summed E-state index contributed by atoms with van der Waals surface area (Å²) in [6, 6.07) is 7.46. The zero-order chi connectivity index (χ0) is 18.4. The molecule has 1 aromatic carbocycles. The summed E-state index contributed by atoms with van der Waals surface area (Å²) >= 11 is 6.12. The molecule has 0 aliphatic rings. The van der Waals surface area contributed by atoms with E-state index in [1.165, 1.54) is 5.56 Å². The summed E-state index contributed by atoms with van der Waals surface area (Å²) in [6.45, 7) is 7.34. The predicted octanol–water partition coefficient (Wildman–Crippen LogP) is 2.82. The minimum absolute atomic E-state index is 0.0553. The number of rotatable bonds is 6. The van der Waals surface area contributed by atoms with Crippen LogP contribution in [0.3, 0.4) is 0 Å². The molecule has 0 bridgehead atoms. The number of halogens is 1. The molecule has 1 unspecified atom stereocenters. The molecular formula is C18H26ClN5O. The maximum atomic E-state index is 6.12. The van der Waals surface area contributed by atoms with E-state index >= 15 is 0 Å². The van der Waals surface area contributed by atoms with Gasteiger partial charge in [0.25, 0.3) is 0 Å². The van der Waals surface area contributed by atoms with Gasteiger partial charge in [0.15, 0.2) is 5.96 Å². The van der Waals surface area contributed by atoms with Crippen molar-refractivity contribution >= 4 is 17.6 Å². The third kappa shape index (κ3) is 5.13. The van der Waals surface area contributed by atoms with Crippen LogP contribution in [0.1, 0.15) is 23.9 Å². The van der Waals surface area contributed by atoms with Crippen LogP contribution in [-0.2, 0) is 13.6 Å². The number of hydrogen-bond donors (Lipinski definition) is 2. The van der Waals surface area contributed by atoms with Crippen LogP contribution >= 0.6 is 11.6 Å². The van der Waals surface area contributed by atoms with Crippen LogP contribution in [-0.4, -0.2) is 35.4 Å². The highest BCUT2D eigenvalue weighted by atomic mass is 35.5. The third-order valence-electron chi connectivity index (χ3n) is 4.04. The minimum atomic E-state index is -0.0553. The van der Waals surface area contributed by atoms with Gasteiger partial charge < -0.3 is 15.4 Å². The van der Waals surface area contributed by atoms with Crippen LogP contribution in [0, 0.1) is 13.8 Å². The number of aliphatic imine (C=N–C) groups is 1. The maximum absolute atomic E-state index is 6.12. The number of benzene rings is 1. The molecule has 7 heteroatoms. The van der Waals surface area contributed by atoms with E-state index in [2.05, 4.69) is 27.6 Å². The van der Waals surface area contributed by atoms with Gasteiger partial charge >= 0.3 is 0 Å². The molecule has 0 aliphatic heterocycles. The molecule has 0 spiro atoms. The van der Waals surface area contributed by atoms with E-state index in [1.54, 1.807) is 7.05 Å². The molecule has 0 amide bonds. The van der Waals surface area contributed by atoms with Crippen LogP contribution in [0.25, 0.3) is 0 Å². The zero-order valence-corrected chi connectivity index (χ0v) is 16.2. The number of nitrogens with zero attached hydrogens (tertiary/aromatic N) is 3. The Balaban J connectivity index is 1.85. The minimum Gasteiger partial charge on any atom is -0.487 e. The molecule has 0 fully saturated rings. The Morgan fingerprint density at radius 3 is 2.64 bits per heavy atom. The van der Waals surface area contributed by atoms with Crippen molar-refractivity contribution in [2.75, 3.05) is 13.6 Å². The number of guanidine groups is 1. The maximum Gasteiger partial charge on any atom is 0.191 e. The van der Waals surface area contributed by atoms with Gasteiger partial charge in [-0.1, -0.05) is 23.7 Å². The SMILES string of the molecule is CN=C(NCc1c(C)nn(C)c1C)NCC(C)Oc1ccccc1Cl. The fourth-order valence-electron chi connectivity index (χ4n) is 2.51. The molecule has 0 radical (unpaired) electrons. The predicted molar refractivity (Wildman–Crippen MR) is 102 cm³/mol. The van der Waals surface area contributed by atoms with Crippen molar-refractivity contribution in [2.45, 2.75) is 33.4 Å². The van der Waals surface area contributed by atoms with Gasteiger partial charge in [-0.3, -0.25) is 9.67 Å². The fourth-order valence-corrected chi connectivity index (χ4v) is 2.69. The summed E-state index contributed by atoms with van der Waals surface area (Å²) in [7, 11) is 3.70. The summed E-state index contributed by atoms with van der Waals surface area (Å²) < 4.78 is 7.74. The molecular weight excluding hydrogens is 338 g/mol. The molecule has 0 saturated heterocycles. The first-order chi connectivity index (χ1) is 11.9. The Morgan fingerprint density at radius 2 is 2.04 bits per heavy atom. The first-order valence-corrected chi connectivity index (χ1v) is 8.65. The first kappa shape index (κ1) is 19.1. The van der Waals surface area contributed by atoms with Crippen molar-refractivity contribution < 1.29 is 4.74 Å². The quantitative estimate of drug-likeness (QED) is 0.612. The summed E-state index contributed by atoms with van der Waals surface area (Å²) in [5.74, 6) is 1.40. The molecule has 0 saturated carbocycles. The van der Waals surface area contributed by atoms with Crippen LogP contribution < -0.4 is 15.4 Å². The Labute approximate surface area is 154 Å². The first-order valence-electron chi connectivity index (χ1n) is 8.27. The molecule has 6 nitrogen and oxygen atoms in total. The Bertz CT molecular complexity index is 741. The van der Waals surface area contributed by atoms with Crippen LogP contribution in [0.2, 0.25) is 5.02 Å². The molecule has 25 heavy (non-hydrogen) atoms. The third-order valence-corrected chi connectivity index (χ3v) is 4.35. The van der Waals surface area contributed by atoms with E-state index in [0.717, 1.165) is 17.3 Å². The highest BCUT2D eigenvalue weighted by Crippen LogP contribution is 2.23. The highest BCUT2D eigenvalue weighted by molar-refractivity contribution is 6.32. The summed E-state index contributed by atoms with van der Waals surface area (Å²) in [5.41, 5.74) is 3.36. The van der Waals surface area contributed by atoms with Crippen molar-refractivity contribution in [1.82, 2.24) is 20.4 Å². The van der Waals surface area contributed by atoms with Crippen molar-refractivity contribution in [3.63, 3.8) is 0 Å². The summed E-state index contributed by atoms with van der Waals surface area (Å²) in [5, 5.41) is 11.6. The van der Waals surface area contributed by atoms with E-state index in [0.29, 0.717) is 23.9 Å². The second-order valence-electron chi connectivity index (χ2n) is 5.94. The van der Waals surface area contributed by atoms with Gasteiger partial charge in [-0.05, 0) is 32.9 Å². The van der Waals surface area contributed by atoms with Crippen molar-refractivity contribution in [1.29, 1.82) is 0 Å². The van der Waals surface area contributed by atoms with E-state index in [1.807, 2.05) is 49.8 Å². The van der Waals surface area contributed by atoms with Gasteiger partial charge in [0.1, 0.15) is 11.9 Å². The van der Waals surface area contributed by atoms with E-state index < -0.39 is 0 Å². The fraction of sp³-hybridized carbons (Fsp3) is 0.444. The zero-order valence-electron chi connectivity index (χ0n) is 15.4. The van der Waals surface area contributed by atoms with E-state index in [9.17, 15) is 0 Å². The average Bonchev–Trinajstić information content (AvgIpc) is 2.82. The number of ether oxygens (including phenoxy) is 1. The topological polar surface area (TPSA) is 63.5 Å². The van der Waals surface area contributed by atoms with E-state index in [4.69, 9.17) is 16.3 Å². The molecule has 2 aromatic rings. The summed E-state index contributed by atoms with van der Waals surface area (Å²) in [6.07, 6.45) is -0.0553.